The summed E-state index contributed by atoms with van der Waals surface area (Å²) in [4.78, 5) is 0. The van der Waals surface area contributed by atoms with Gasteiger partial charge in [-0.3, -0.25) is 0 Å². The fraction of sp³-hybridized carbons (Fsp3) is 0.118. The molecule has 0 saturated heterocycles. The van der Waals surface area contributed by atoms with E-state index < -0.39 is 0 Å². The number of aryl methyl sites for hydroxylation is 2. The Balaban J connectivity index is 1.99. The van der Waals surface area contributed by atoms with Crippen molar-refractivity contribution < 1.29 is 0 Å². The Morgan fingerprint density at radius 3 is 2.20 bits per heavy atom. The maximum atomic E-state index is 4.47. The zero-order chi connectivity index (χ0) is 14.1. The SMILES string of the molecule is Cc1cc(C)cc(-n2cc(-c3ccc(Br)cc3)cn2)c1. The van der Waals surface area contributed by atoms with Crippen LogP contribution in [-0.4, -0.2) is 9.78 Å². The molecule has 0 unspecified atom stereocenters. The Kier molecular flexibility index (Phi) is 3.45. The normalized spacial score (nSPS) is 10.8. The Morgan fingerprint density at radius 1 is 0.900 bits per heavy atom. The van der Waals surface area contributed by atoms with Crippen LogP contribution in [0, 0.1) is 13.8 Å². The van der Waals surface area contributed by atoms with Gasteiger partial charge in [0.15, 0.2) is 0 Å². The molecule has 0 radical (unpaired) electrons. The van der Waals surface area contributed by atoms with Gasteiger partial charge in [-0.15, -0.1) is 0 Å². The molecular weight excluding hydrogens is 312 g/mol. The minimum absolute atomic E-state index is 1.09. The van der Waals surface area contributed by atoms with Crippen LogP contribution in [0.1, 0.15) is 11.1 Å². The number of aromatic nitrogens is 2. The van der Waals surface area contributed by atoms with Crippen LogP contribution >= 0.6 is 15.9 Å². The summed E-state index contributed by atoms with van der Waals surface area (Å²) < 4.78 is 3.01. The van der Waals surface area contributed by atoms with Crippen LogP contribution in [0.3, 0.4) is 0 Å². The van der Waals surface area contributed by atoms with Crippen molar-refractivity contribution in [1.82, 2.24) is 9.78 Å². The zero-order valence-electron chi connectivity index (χ0n) is 11.5. The van der Waals surface area contributed by atoms with Crippen molar-refractivity contribution in [3.8, 4) is 16.8 Å². The molecule has 2 aromatic carbocycles. The van der Waals surface area contributed by atoms with E-state index in [0.29, 0.717) is 0 Å². The highest BCUT2D eigenvalue weighted by Gasteiger charge is 2.04. The summed E-state index contributed by atoms with van der Waals surface area (Å²) in [5, 5.41) is 4.47. The third-order valence-corrected chi connectivity index (χ3v) is 3.76. The fourth-order valence-electron chi connectivity index (χ4n) is 2.34. The van der Waals surface area contributed by atoms with Crippen LogP contribution in [0.4, 0.5) is 0 Å². The van der Waals surface area contributed by atoms with Gasteiger partial charge in [0.2, 0.25) is 0 Å². The van der Waals surface area contributed by atoms with Crippen LogP contribution in [0.25, 0.3) is 16.8 Å². The average molecular weight is 327 g/mol. The van der Waals surface area contributed by atoms with Crippen LogP contribution in [0.2, 0.25) is 0 Å². The summed E-state index contributed by atoms with van der Waals surface area (Å²) in [7, 11) is 0. The van der Waals surface area contributed by atoms with E-state index >= 15 is 0 Å². The fourth-order valence-corrected chi connectivity index (χ4v) is 2.60. The Hall–Kier alpha value is -1.87. The number of hydrogen-bond acceptors (Lipinski definition) is 1. The predicted molar refractivity (Wildman–Crippen MR) is 86.2 cm³/mol. The number of benzene rings is 2. The summed E-state index contributed by atoms with van der Waals surface area (Å²) in [5.41, 5.74) is 5.90. The standard InChI is InChI=1S/C17H15BrN2/c1-12-7-13(2)9-17(8-12)20-11-15(10-19-20)14-3-5-16(18)6-4-14/h3-11H,1-2H3. The second kappa shape index (κ2) is 5.25. The van der Waals surface area contributed by atoms with E-state index in [4.69, 9.17) is 0 Å². The van der Waals surface area contributed by atoms with Gasteiger partial charge in [-0.2, -0.15) is 5.10 Å². The lowest BCUT2D eigenvalue weighted by Crippen LogP contribution is -1.95. The van der Waals surface area contributed by atoms with E-state index in [-0.39, 0.29) is 0 Å². The van der Waals surface area contributed by atoms with Gasteiger partial charge < -0.3 is 0 Å². The van der Waals surface area contributed by atoms with Gasteiger partial charge in [-0.1, -0.05) is 34.1 Å². The molecule has 100 valence electrons. The summed E-state index contributed by atoms with van der Waals surface area (Å²) in [6.45, 7) is 4.21. The molecule has 3 heteroatoms. The van der Waals surface area contributed by atoms with E-state index in [9.17, 15) is 0 Å². The molecule has 0 bridgehead atoms. The minimum atomic E-state index is 1.09. The third-order valence-electron chi connectivity index (χ3n) is 3.23. The molecule has 0 aliphatic carbocycles. The molecule has 3 rings (SSSR count). The largest absolute Gasteiger partial charge is 0.240 e. The molecule has 0 aliphatic heterocycles. The molecular formula is C17H15BrN2. The molecule has 0 atom stereocenters. The third kappa shape index (κ3) is 2.68. The van der Waals surface area contributed by atoms with Crippen molar-refractivity contribution in [2.45, 2.75) is 13.8 Å². The second-order valence-corrected chi connectivity index (χ2v) is 5.94. The molecule has 1 aromatic heterocycles. The van der Waals surface area contributed by atoms with Crippen LogP contribution in [0.15, 0.2) is 59.3 Å². The van der Waals surface area contributed by atoms with Crippen molar-refractivity contribution in [2.24, 2.45) is 0 Å². The van der Waals surface area contributed by atoms with Gasteiger partial charge in [-0.25, -0.2) is 4.68 Å². The highest BCUT2D eigenvalue weighted by Crippen LogP contribution is 2.22. The van der Waals surface area contributed by atoms with Crippen molar-refractivity contribution in [2.75, 3.05) is 0 Å². The summed E-state index contributed by atoms with van der Waals surface area (Å²) in [6.07, 6.45) is 3.97. The van der Waals surface area contributed by atoms with Crippen LogP contribution in [0.5, 0.6) is 0 Å². The minimum Gasteiger partial charge on any atom is -0.240 e. The molecule has 2 nitrogen and oxygen atoms in total. The van der Waals surface area contributed by atoms with Crippen LogP contribution < -0.4 is 0 Å². The molecule has 0 spiro atoms. The van der Waals surface area contributed by atoms with Crippen molar-refractivity contribution in [1.29, 1.82) is 0 Å². The lowest BCUT2D eigenvalue weighted by molar-refractivity contribution is 0.878. The highest BCUT2D eigenvalue weighted by atomic mass is 79.9. The van der Waals surface area contributed by atoms with E-state index in [2.05, 4.69) is 71.4 Å². The molecule has 1 heterocycles. The molecule has 20 heavy (non-hydrogen) atoms. The van der Waals surface area contributed by atoms with Gasteiger partial charge in [0.25, 0.3) is 0 Å². The highest BCUT2D eigenvalue weighted by molar-refractivity contribution is 9.10. The molecule has 0 aliphatic rings. The van der Waals surface area contributed by atoms with Gasteiger partial charge in [-0.05, 0) is 54.8 Å². The first kappa shape index (κ1) is 13.1. The molecule has 3 aromatic rings. The number of halogens is 1. The molecule has 0 saturated carbocycles. The summed E-state index contributed by atoms with van der Waals surface area (Å²) >= 11 is 3.46. The number of nitrogens with zero attached hydrogens (tertiary/aromatic N) is 2. The average Bonchev–Trinajstić information content (AvgIpc) is 2.88. The smallest absolute Gasteiger partial charge is 0.0651 e. The number of hydrogen-bond donors (Lipinski definition) is 0. The zero-order valence-corrected chi connectivity index (χ0v) is 13.1. The van der Waals surface area contributed by atoms with E-state index in [1.165, 1.54) is 16.7 Å². The summed E-state index contributed by atoms with van der Waals surface area (Å²) in [5.74, 6) is 0. The van der Waals surface area contributed by atoms with Gasteiger partial charge >= 0.3 is 0 Å². The molecule has 0 fully saturated rings. The van der Waals surface area contributed by atoms with Gasteiger partial charge in [0.05, 0.1) is 11.9 Å². The van der Waals surface area contributed by atoms with Crippen molar-refractivity contribution in [3.63, 3.8) is 0 Å². The van der Waals surface area contributed by atoms with Crippen LogP contribution in [-0.2, 0) is 0 Å². The molecule has 0 amide bonds. The monoisotopic (exact) mass is 326 g/mol. The lowest BCUT2D eigenvalue weighted by Gasteiger charge is -2.04. The predicted octanol–water partition coefficient (Wildman–Crippen LogP) is 4.92. The summed E-state index contributed by atoms with van der Waals surface area (Å²) in [6, 6.07) is 14.7. The lowest BCUT2D eigenvalue weighted by atomic mass is 10.1. The number of rotatable bonds is 2. The first-order valence-electron chi connectivity index (χ1n) is 6.51. The van der Waals surface area contributed by atoms with Gasteiger partial charge in [0.1, 0.15) is 0 Å². The maximum Gasteiger partial charge on any atom is 0.0651 e. The van der Waals surface area contributed by atoms with Crippen molar-refractivity contribution >= 4 is 15.9 Å². The topological polar surface area (TPSA) is 17.8 Å². The Labute approximate surface area is 127 Å². The van der Waals surface area contributed by atoms with Gasteiger partial charge in [0, 0.05) is 16.2 Å². The first-order valence-corrected chi connectivity index (χ1v) is 7.30. The quantitative estimate of drug-likeness (QED) is 0.653. The Morgan fingerprint density at radius 2 is 1.55 bits per heavy atom. The Bertz CT molecular complexity index is 722. The van der Waals surface area contributed by atoms with E-state index in [1.54, 1.807) is 0 Å². The second-order valence-electron chi connectivity index (χ2n) is 5.03. The maximum absolute atomic E-state index is 4.47. The first-order chi connectivity index (χ1) is 9.61. The van der Waals surface area contributed by atoms with Crippen molar-refractivity contribution in [3.05, 3.63) is 70.5 Å². The molecule has 0 N–H and O–H groups in total. The van der Waals surface area contributed by atoms with E-state index in [1.807, 2.05) is 23.0 Å². The van der Waals surface area contributed by atoms with E-state index in [0.717, 1.165) is 15.7 Å².